The van der Waals surface area contributed by atoms with E-state index < -0.39 is 0 Å². The highest BCUT2D eigenvalue weighted by Crippen LogP contribution is 2.14. The van der Waals surface area contributed by atoms with Crippen LogP contribution in [0.5, 0.6) is 5.75 Å². The Hall–Kier alpha value is -2.82. The van der Waals surface area contributed by atoms with Gasteiger partial charge in [-0.1, -0.05) is 60.7 Å². The van der Waals surface area contributed by atoms with E-state index in [1.807, 2.05) is 18.2 Å². The summed E-state index contributed by atoms with van der Waals surface area (Å²) in [6.07, 6.45) is 1.91. The highest BCUT2D eigenvalue weighted by atomic mass is 16.5. The zero-order chi connectivity index (χ0) is 19.4. The fraction of sp³-hybridized carbons (Fsp3) is 0.250. The smallest absolute Gasteiger partial charge is 0.119 e. The van der Waals surface area contributed by atoms with Gasteiger partial charge in [-0.15, -0.1) is 0 Å². The lowest BCUT2D eigenvalue weighted by Crippen LogP contribution is -2.40. The third kappa shape index (κ3) is 6.41. The maximum absolute atomic E-state index is 8.82. The molecule has 2 N–H and O–H groups in total. The number of hydrogen-bond acceptors (Lipinski definition) is 4. The molecule has 4 heteroatoms. The lowest BCUT2D eigenvalue weighted by Gasteiger charge is -2.26. The second-order valence-electron chi connectivity index (χ2n) is 6.60. The number of nitrogens with zero attached hydrogens (tertiary/aromatic N) is 1. The van der Waals surface area contributed by atoms with E-state index in [9.17, 15) is 0 Å². The second-order valence-corrected chi connectivity index (χ2v) is 6.60. The maximum Gasteiger partial charge on any atom is 0.119 e. The van der Waals surface area contributed by atoms with Crippen LogP contribution in [-0.2, 0) is 12.8 Å². The second kappa shape index (κ2) is 11.1. The van der Waals surface area contributed by atoms with Gasteiger partial charge in [0, 0.05) is 13.1 Å². The summed E-state index contributed by atoms with van der Waals surface area (Å²) < 4.78 is 5.41. The third-order valence-corrected chi connectivity index (χ3v) is 4.53. The number of para-hydroxylation sites is 1. The molecule has 0 atom stereocenters. The Morgan fingerprint density at radius 2 is 1.39 bits per heavy atom. The number of nitrogens with one attached hydrogen (secondary N) is 1. The molecule has 0 bridgehead atoms. The van der Waals surface area contributed by atoms with Gasteiger partial charge in [-0.3, -0.25) is 0 Å². The molecule has 0 aliphatic carbocycles. The minimum Gasteiger partial charge on any atom is -0.491 e. The van der Waals surface area contributed by atoms with Crippen molar-refractivity contribution in [3.05, 3.63) is 96.1 Å². The van der Waals surface area contributed by atoms with E-state index >= 15 is 0 Å². The first-order valence-electron chi connectivity index (χ1n) is 9.78. The normalized spacial score (nSPS) is 10.6. The number of aliphatic hydroxyl groups is 1. The van der Waals surface area contributed by atoms with Crippen molar-refractivity contribution in [2.24, 2.45) is 0 Å². The predicted molar refractivity (Wildman–Crippen MR) is 115 cm³/mol. The van der Waals surface area contributed by atoms with Gasteiger partial charge >= 0.3 is 0 Å². The quantitative estimate of drug-likeness (QED) is 0.499. The van der Waals surface area contributed by atoms with E-state index in [1.54, 1.807) is 0 Å². The molecule has 28 heavy (non-hydrogen) atoms. The van der Waals surface area contributed by atoms with Crippen LogP contribution in [0.4, 0.5) is 5.69 Å². The first-order valence-corrected chi connectivity index (χ1v) is 9.78. The van der Waals surface area contributed by atoms with Gasteiger partial charge in [0.05, 0.1) is 12.3 Å². The van der Waals surface area contributed by atoms with Gasteiger partial charge in [-0.25, -0.2) is 5.43 Å². The summed E-state index contributed by atoms with van der Waals surface area (Å²) in [6, 6.07) is 29.1. The summed E-state index contributed by atoms with van der Waals surface area (Å²) in [5.74, 6) is 0.791. The summed E-state index contributed by atoms with van der Waals surface area (Å²) in [6.45, 7) is 2.11. The van der Waals surface area contributed by atoms with Crippen molar-refractivity contribution in [2.75, 3.05) is 31.3 Å². The van der Waals surface area contributed by atoms with Crippen molar-refractivity contribution in [1.82, 2.24) is 5.43 Å². The minimum absolute atomic E-state index is 0.0317. The molecule has 3 rings (SSSR count). The number of anilines is 1. The fourth-order valence-corrected chi connectivity index (χ4v) is 3.04. The summed E-state index contributed by atoms with van der Waals surface area (Å²) in [5.41, 5.74) is 7.33. The molecule has 0 aliphatic rings. The molecule has 0 spiro atoms. The van der Waals surface area contributed by atoms with Crippen molar-refractivity contribution >= 4 is 5.69 Å². The molecular weight excluding hydrogens is 348 g/mol. The number of hydrogen-bond donors (Lipinski definition) is 2. The first-order chi connectivity index (χ1) is 13.8. The predicted octanol–water partition coefficient (Wildman–Crippen LogP) is 3.85. The average molecular weight is 377 g/mol. The summed E-state index contributed by atoms with van der Waals surface area (Å²) >= 11 is 0. The van der Waals surface area contributed by atoms with Gasteiger partial charge < -0.3 is 14.9 Å². The summed E-state index contributed by atoms with van der Waals surface area (Å²) in [4.78, 5) is 0. The molecule has 0 aromatic heterocycles. The minimum atomic E-state index is 0.0317. The van der Waals surface area contributed by atoms with Crippen LogP contribution in [0.25, 0.3) is 0 Å². The van der Waals surface area contributed by atoms with Gasteiger partial charge in [0.1, 0.15) is 12.4 Å². The Balaban J connectivity index is 1.54. The molecule has 0 fully saturated rings. The molecule has 4 nitrogen and oxygen atoms in total. The average Bonchev–Trinajstić information content (AvgIpc) is 2.77. The molecule has 0 radical (unpaired) electrons. The molecule has 146 valence electrons. The molecule has 0 unspecified atom stereocenters. The van der Waals surface area contributed by atoms with Gasteiger partial charge in [-0.05, 0) is 48.2 Å². The van der Waals surface area contributed by atoms with Crippen molar-refractivity contribution < 1.29 is 9.84 Å². The first kappa shape index (κ1) is 19.9. The standard InChI is InChI=1S/C24H28N2O2/c27-19-20-28-24-13-11-22(12-14-24)15-17-25-26(23-9-5-2-6-10-23)18-16-21-7-3-1-4-8-21/h1-14,25,27H,15-20H2. The molecule has 3 aromatic carbocycles. The van der Waals surface area contributed by atoms with Crippen LogP contribution >= 0.6 is 0 Å². The number of aliphatic hydroxyl groups excluding tert-OH is 1. The number of ether oxygens (including phenoxy) is 1. The molecule has 0 amide bonds. The van der Waals surface area contributed by atoms with Crippen LogP contribution in [-0.4, -0.2) is 31.4 Å². The Morgan fingerprint density at radius 3 is 2.07 bits per heavy atom. The topological polar surface area (TPSA) is 44.7 Å². The summed E-state index contributed by atoms with van der Waals surface area (Å²) in [5, 5.41) is 11.1. The fourth-order valence-electron chi connectivity index (χ4n) is 3.04. The molecule has 0 saturated heterocycles. The largest absolute Gasteiger partial charge is 0.491 e. The van der Waals surface area contributed by atoms with E-state index in [-0.39, 0.29) is 6.61 Å². The highest BCUT2D eigenvalue weighted by Gasteiger charge is 2.06. The Labute approximate surface area is 167 Å². The monoisotopic (exact) mass is 376 g/mol. The number of benzene rings is 3. The van der Waals surface area contributed by atoms with Crippen molar-refractivity contribution in [1.29, 1.82) is 0 Å². The van der Waals surface area contributed by atoms with Crippen LogP contribution in [0.1, 0.15) is 11.1 Å². The van der Waals surface area contributed by atoms with E-state index in [0.717, 1.165) is 31.7 Å². The zero-order valence-electron chi connectivity index (χ0n) is 16.1. The van der Waals surface area contributed by atoms with E-state index in [1.165, 1.54) is 16.8 Å². The lowest BCUT2D eigenvalue weighted by molar-refractivity contribution is 0.201. The van der Waals surface area contributed by atoms with E-state index in [2.05, 4.69) is 77.2 Å². The van der Waals surface area contributed by atoms with Crippen LogP contribution < -0.4 is 15.2 Å². The third-order valence-electron chi connectivity index (χ3n) is 4.53. The van der Waals surface area contributed by atoms with Crippen LogP contribution in [0.2, 0.25) is 0 Å². The van der Waals surface area contributed by atoms with E-state index in [0.29, 0.717) is 6.61 Å². The molecule has 0 saturated carbocycles. The Bertz CT molecular complexity index is 792. The SMILES string of the molecule is OCCOc1ccc(CCNN(CCc2ccccc2)c2ccccc2)cc1. The van der Waals surface area contributed by atoms with Crippen LogP contribution in [0.3, 0.4) is 0 Å². The van der Waals surface area contributed by atoms with Crippen LogP contribution in [0.15, 0.2) is 84.9 Å². The van der Waals surface area contributed by atoms with Crippen molar-refractivity contribution in [2.45, 2.75) is 12.8 Å². The van der Waals surface area contributed by atoms with Crippen molar-refractivity contribution in [3.63, 3.8) is 0 Å². The van der Waals surface area contributed by atoms with Gasteiger partial charge in [-0.2, -0.15) is 0 Å². The molecular formula is C24H28N2O2. The highest BCUT2D eigenvalue weighted by molar-refractivity contribution is 5.45. The summed E-state index contributed by atoms with van der Waals surface area (Å²) in [7, 11) is 0. The maximum atomic E-state index is 8.82. The zero-order valence-corrected chi connectivity index (χ0v) is 16.1. The van der Waals surface area contributed by atoms with Gasteiger partial charge in [0.25, 0.3) is 0 Å². The van der Waals surface area contributed by atoms with Gasteiger partial charge in [0.2, 0.25) is 0 Å². The number of hydrazine groups is 1. The Morgan fingerprint density at radius 1 is 0.750 bits per heavy atom. The lowest BCUT2D eigenvalue weighted by atomic mass is 10.1. The molecule has 0 aliphatic heterocycles. The van der Waals surface area contributed by atoms with Crippen molar-refractivity contribution in [3.8, 4) is 5.75 Å². The van der Waals surface area contributed by atoms with Crippen LogP contribution in [0, 0.1) is 0 Å². The van der Waals surface area contributed by atoms with Gasteiger partial charge in [0.15, 0.2) is 0 Å². The number of rotatable bonds is 11. The van der Waals surface area contributed by atoms with E-state index in [4.69, 9.17) is 9.84 Å². The Kier molecular flexibility index (Phi) is 7.91. The molecule has 0 heterocycles. The molecule has 3 aromatic rings.